The average molecular weight is 145 g/mol. The normalized spacial score (nSPS) is 27.9. The molecule has 0 aromatic heterocycles. The third-order valence-electron chi connectivity index (χ3n) is 2.17. The molecule has 1 aliphatic rings. The van der Waals surface area contributed by atoms with Gasteiger partial charge in [-0.15, -0.1) is 0 Å². The van der Waals surface area contributed by atoms with Crippen LogP contribution in [0.3, 0.4) is 0 Å². The maximum Gasteiger partial charge on any atom is 0.0897 e. The molecule has 0 bridgehead atoms. The van der Waals surface area contributed by atoms with Gasteiger partial charge in [0, 0.05) is 0 Å². The fraction of sp³-hybridized carbons (Fsp3) is 1.00. The van der Waals surface area contributed by atoms with Gasteiger partial charge in [-0.05, 0) is 38.3 Å². The molecular weight excluding hydrogens is 129 g/mol. The summed E-state index contributed by atoms with van der Waals surface area (Å²) in [5.41, 5.74) is 0. The van der Waals surface area contributed by atoms with Crippen LogP contribution in [0.4, 0.5) is 4.39 Å². The summed E-state index contributed by atoms with van der Waals surface area (Å²) in [5.74, 6) is 0.604. The minimum atomic E-state index is -0.146. The second-order valence-corrected chi connectivity index (χ2v) is 3.04. The van der Waals surface area contributed by atoms with E-state index >= 15 is 0 Å². The number of hydrogen-bond acceptors (Lipinski definition) is 1. The van der Waals surface area contributed by atoms with Crippen LogP contribution < -0.4 is 5.32 Å². The monoisotopic (exact) mass is 145 g/mol. The van der Waals surface area contributed by atoms with Crippen molar-refractivity contribution in [1.82, 2.24) is 5.32 Å². The summed E-state index contributed by atoms with van der Waals surface area (Å²) in [6, 6.07) is 0. The molecule has 0 saturated carbocycles. The first-order valence-electron chi connectivity index (χ1n) is 4.20. The van der Waals surface area contributed by atoms with Crippen molar-refractivity contribution in [1.29, 1.82) is 0 Å². The van der Waals surface area contributed by atoms with Crippen LogP contribution in [-0.4, -0.2) is 19.8 Å². The number of nitrogens with one attached hydrogen (secondary N) is 1. The van der Waals surface area contributed by atoms with Gasteiger partial charge in [-0.2, -0.15) is 0 Å². The minimum absolute atomic E-state index is 0.146. The van der Waals surface area contributed by atoms with Crippen LogP contribution in [0.1, 0.15) is 25.7 Å². The highest BCUT2D eigenvalue weighted by molar-refractivity contribution is 4.66. The van der Waals surface area contributed by atoms with E-state index < -0.39 is 0 Å². The number of hydrogen-bond donors (Lipinski definition) is 1. The lowest BCUT2D eigenvalue weighted by atomic mass is 10.0. The second-order valence-electron chi connectivity index (χ2n) is 3.04. The molecule has 10 heavy (non-hydrogen) atoms. The molecule has 1 heterocycles. The zero-order valence-electron chi connectivity index (χ0n) is 6.41. The molecular formula is C8H16FN. The van der Waals surface area contributed by atoms with E-state index in [9.17, 15) is 4.39 Å². The summed E-state index contributed by atoms with van der Waals surface area (Å²) in [4.78, 5) is 0. The largest absolute Gasteiger partial charge is 0.316 e. The molecule has 60 valence electrons. The lowest BCUT2D eigenvalue weighted by molar-refractivity contribution is 0.368. The molecule has 0 aromatic rings. The highest BCUT2D eigenvalue weighted by Crippen LogP contribution is 2.14. The van der Waals surface area contributed by atoms with E-state index in [0.29, 0.717) is 5.92 Å². The van der Waals surface area contributed by atoms with Gasteiger partial charge in [0.15, 0.2) is 0 Å². The number of halogens is 1. The summed E-state index contributed by atoms with van der Waals surface area (Å²) in [7, 11) is 0. The Labute approximate surface area is 62.0 Å². The molecule has 1 aliphatic heterocycles. The fourth-order valence-electron chi connectivity index (χ4n) is 1.49. The van der Waals surface area contributed by atoms with Gasteiger partial charge >= 0.3 is 0 Å². The Balaban J connectivity index is 2.15. The van der Waals surface area contributed by atoms with Gasteiger partial charge < -0.3 is 5.32 Å². The van der Waals surface area contributed by atoms with E-state index in [1.54, 1.807) is 0 Å². The van der Waals surface area contributed by atoms with Crippen LogP contribution in [0.15, 0.2) is 0 Å². The molecule has 1 atom stereocenters. The van der Waals surface area contributed by atoms with Crippen LogP contribution in [0, 0.1) is 5.92 Å². The molecule has 1 nitrogen and oxygen atoms in total. The molecule has 1 unspecified atom stereocenters. The molecule has 1 saturated heterocycles. The first-order chi connectivity index (χ1) is 4.93. The van der Waals surface area contributed by atoms with Gasteiger partial charge in [-0.25, -0.2) is 0 Å². The Morgan fingerprint density at radius 1 is 1.40 bits per heavy atom. The number of rotatable bonds is 2. The van der Waals surface area contributed by atoms with E-state index in [0.717, 1.165) is 19.5 Å². The molecule has 0 amide bonds. The van der Waals surface area contributed by atoms with Crippen LogP contribution >= 0.6 is 0 Å². The van der Waals surface area contributed by atoms with Crippen molar-refractivity contribution in [2.45, 2.75) is 25.7 Å². The van der Waals surface area contributed by atoms with E-state index in [2.05, 4.69) is 5.32 Å². The SMILES string of the molecule is FCCC1CCCCNC1. The first kappa shape index (κ1) is 7.99. The smallest absolute Gasteiger partial charge is 0.0897 e. The van der Waals surface area contributed by atoms with Crippen LogP contribution in [0.2, 0.25) is 0 Å². The third-order valence-corrected chi connectivity index (χ3v) is 2.17. The minimum Gasteiger partial charge on any atom is -0.316 e. The van der Waals surface area contributed by atoms with Gasteiger partial charge in [0.05, 0.1) is 6.67 Å². The van der Waals surface area contributed by atoms with Gasteiger partial charge in [0.2, 0.25) is 0 Å². The first-order valence-corrected chi connectivity index (χ1v) is 4.20. The Morgan fingerprint density at radius 3 is 3.10 bits per heavy atom. The molecule has 0 aliphatic carbocycles. The third kappa shape index (κ3) is 2.65. The summed E-state index contributed by atoms with van der Waals surface area (Å²) in [6.07, 6.45) is 4.52. The summed E-state index contributed by atoms with van der Waals surface area (Å²) in [5, 5.41) is 3.32. The molecule has 1 fully saturated rings. The fourth-order valence-corrected chi connectivity index (χ4v) is 1.49. The van der Waals surface area contributed by atoms with Crippen LogP contribution in [0.25, 0.3) is 0 Å². The molecule has 1 rings (SSSR count). The van der Waals surface area contributed by atoms with E-state index in [4.69, 9.17) is 0 Å². The molecule has 2 heteroatoms. The van der Waals surface area contributed by atoms with Crippen molar-refractivity contribution in [2.75, 3.05) is 19.8 Å². The molecule has 0 spiro atoms. The summed E-state index contributed by atoms with van der Waals surface area (Å²) in [6.45, 7) is 2.01. The second kappa shape index (κ2) is 4.67. The van der Waals surface area contributed by atoms with E-state index in [1.165, 1.54) is 19.3 Å². The van der Waals surface area contributed by atoms with Crippen LogP contribution in [0.5, 0.6) is 0 Å². The highest BCUT2D eigenvalue weighted by atomic mass is 19.1. The summed E-state index contributed by atoms with van der Waals surface area (Å²) >= 11 is 0. The summed E-state index contributed by atoms with van der Waals surface area (Å²) < 4.78 is 11.9. The Morgan fingerprint density at radius 2 is 2.30 bits per heavy atom. The van der Waals surface area contributed by atoms with Crippen molar-refractivity contribution in [3.63, 3.8) is 0 Å². The maximum atomic E-state index is 11.9. The van der Waals surface area contributed by atoms with Crippen molar-refractivity contribution >= 4 is 0 Å². The molecule has 0 radical (unpaired) electrons. The number of alkyl halides is 1. The van der Waals surface area contributed by atoms with Crippen molar-refractivity contribution in [3.05, 3.63) is 0 Å². The lowest BCUT2D eigenvalue weighted by Gasteiger charge is -2.10. The quantitative estimate of drug-likeness (QED) is 0.624. The Hall–Kier alpha value is -0.110. The van der Waals surface area contributed by atoms with E-state index in [1.807, 2.05) is 0 Å². The highest BCUT2D eigenvalue weighted by Gasteiger charge is 2.10. The zero-order chi connectivity index (χ0) is 7.23. The molecule has 1 N–H and O–H groups in total. The Kier molecular flexibility index (Phi) is 3.73. The van der Waals surface area contributed by atoms with Gasteiger partial charge in [0.25, 0.3) is 0 Å². The van der Waals surface area contributed by atoms with Crippen LogP contribution in [-0.2, 0) is 0 Å². The topological polar surface area (TPSA) is 12.0 Å². The molecule has 0 aromatic carbocycles. The van der Waals surface area contributed by atoms with Crippen molar-refractivity contribution in [2.24, 2.45) is 5.92 Å². The predicted molar refractivity (Wildman–Crippen MR) is 40.8 cm³/mol. The lowest BCUT2D eigenvalue weighted by Crippen LogP contribution is -2.20. The van der Waals surface area contributed by atoms with Gasteiger partial charge in [-0.1, -0.05) is 6.42 Å². The average Bonchev–Trinajstić information content (AvgIpc) is 2.17. The standard InChI is InChI=1S/C8H16FN/c9-5-4-8-3-1-2-6-10-7-8/h8,10H,1-7H2. The van der Waals surface area contributed by atoms with Crippen molar-refractivity contribution in [3.8, 4) is 0 Å². The maximum absolute atomic E-state index is 11.9. The zero-order valence-corrected chi connectivity index (χ0v) is 6.41. The van der Waals surface area contributed by atoms with E-state index in [-0.39, 0.29) is 6.67 Å². The predicted octanol–water partition coefficient (Wildman–Crippen LogP) is 1.74. The Bertz CT molecular complexity index is 77.3. The van der Waals surface area contributed by atoms with Gasteiger partial charge in [0.1, 0.15) is 0 Å². The van der Waals surface area contributed by atoms with Crippen molar-refractivity contribution < 1.29 is 4.39 Å². The van der Waals surface area contributed by atoms with Gasteiger partial charge in [-0.3, -0.25) is 4.39 Å².